The van der Waals surface area contributed by atoms with Gasteiger partial charge in [-0.25, -0.2) is 0 Å². The van der Waals surface area contributed by atoms with Gasteiger partial charge in [0.1, 0.15) is 5.75 Å². The van der Waals surface area contributed by atoms with Crippen molar-refractivity contribution in [3.05, 3.63) is 48.0 Å². The number of aromatic hydroxyl groups is 1. The molecule has 0 saturated carbocycles. The number of nitrogens with one attached hydrogen (secondary N) is 1. The second-order valence-electron chi connectivity index (χ2n) is 5.00. The van der Waals surface area contributed by atoms with E-state index in [4.69, 9.17) is 5.73 Å². The van der Waals surface area contributed by atoms with Gasteiger partial charge < -0.3 is 21.1 Å². The van der Waals surface area contributed by atoms with Crippen molar-refractivity contribution in [1.82, 2.24) is 0 Å². The van der Waals surface area contributed by atoms with Gasteiger partial charge >= 0.3 is 0 Å². The normalized spacial score (nSPS) is 10.2. The molecule has 0 aliphatic carbocycles. The number of carbonyl (C=O) groups is 1. The number of phenols is 1. The Morgan fingerprint density at radius 1 is 1.29 bits per heavy atom. The number of benzene rings is 2. The summed E-state index contributed by atoms with van der Waals surface area (Å²) >= 11 is 0. The Bertz CT molecular complexity index is 656. The van der Waals surface area contributed by atoms with E-state index in [1.807, 2.05) is 19.1 Å². The molecule has 0 aliphatic heterocycles. The van der Waals surface area contributed by atoms with Gasteiger partial charge in [-0.2, -0.15) is 0 Å². The lowest BCUT2D eigenvalue weighted by atomic mass is 10.2. The van der Waals surface area contributed by atoms with Crippen molar-refractivity contribution < 1.29 is 9.90 Å². The summed E-state index contributed by atoms with van der Waals surface area (Å²) in [5.41, 5.74) is 8.77. The number of nitrogen functional groups attached to an aromatic ring is 1. The molecule has 0 bridgehead atoms. The number of likely N-dealkylation sites (N-methyl/N-ethyl adjacent to an activating group) is 1. The van der Waals surface area contributed by atoms with Gasteiger partial charge in [0.25, 0.3) is 0 Å². The first kappa shape index (κ1) is 14.7. The fraction of sp³-hybridized carbons (Fsp3) is 0.188. The molecular formula is C16H19N3O2. The molecule has 2 rings (SSSR count). The summed E-state index contributed by atoms with van der Waals surface area (Å²) < 4.78 is 0. The lowest BCUT2D eigenvalue weighted by Crippen LogP contribution is -2.30. The third kappa shape index (κ3) is 3.89. The van der Waals surface area contributed by atoms with Crippen LogP contribution in [0.4, 0.5) is 17.1 Å². The van der Waals surface area contributed by atoms with Crippen LogP contribution in [0.3, 0.4) is 0 Å². The number of nitrogens with two attached hydrogens (primary N) is 1. The first-order valence-corrected chi connectivity index (χ1v) is 6.62. The van der Waals surface area contributed by atoms with E-state index in [-0.39, 0.29) is 18.2 Å². The highest BCUT2D eigenvalue weighted by molar-refractivity contribution is 5.95. The highest BCUT2D eigenvalue weighted by Crippen LogP contribution is 2.20. The molecule has 5 heteroatoms. The Morgan fingerprint density at radius 3 is 2.76 bits per heavy atom. The van der Waals surface area contributed by atoms with E-state index in [1.165, 1.54) is 0 Å². The van der Waals surface area contributed by atoms with Crippen molar-refractivity contribution >= 4 is 23.0 Å². The summed E-state index contributed by atoms with van der Waals surface area (Å²) in [5.74, 6) is 0.0287. The summed E-state index contributed by atoms with van der Waals surface area (Å²) in [4.78, 5) is 13.8. The van der Waals surface area contributed by atoms with Gasteiger partial charge in [-0.1, -0.05) is 12.1 Å². The molecular weight excluding hydrogens is 266 g/mol. The van der Waals surface area contributed by atoms with Gasteiger partial charge in [0, 0.05) is 30.2 Å². The smallest absolute Gasteiger partial charge is 0.243 e. The molecule has 0 atom stereocenters. The quantitative estimate of drug-likeness (QED) is 0.753. The summed E-state index contributed by atoms with van der Waals surface area (Å²) in [5, 5.41) is 12.3. The Kier molecular flexibility index (Phi) is 4.33. The van der Waals surface area contributed by atoms with E-state index in [0.29, 0.717) is 11.4 Å². The van der Waals surface area contributed by atoms with Gasteiger partial charge in [0.2, 0.25) is 5.91 Å². The fourth-order valence-corrected chi connectivity index (χ4v) is 2.00. The van der Waals surface area contributed by atoms with E-state index in [0.717, 1.165) is 11.3 Å². The Labute approximate surface area is 124 Å². The number of rotatable bonds is 4. The molecule has 0 fully saturated rings. The Morgan fingerprint density at radius 2 is 2.05 bits per heavy atom. The first-order valence-electron chi connectivity index (χ1n) is 6.62. The lowest BCUT2D eigenvalue weighted by Gasteiger charge is -2.19. The Balaban J connectivity index is 2.03. The van der Waals surface area contributed by atoms with Crippen LogP contribution < -0.4 is 16.0 Å². The summed E-state index contributed by atoms with van der Waals surface area (Å²) in [6, 6.07) is 12.2. The van der Waals surface area contributed by atoms with E-state index in [1.54, 1.807) is 42.3 Å². The molecule has 0 heterocycles. The minimum Gasteiger partial charge on any atom is -0.508 e. The third-order valence-corrected chi connectivity index (χ3v) is 3.19. The van der Waals surface area contributed by atoms with E-state index in [9.17, 15) is 9.90 Å². The van der Waals surface area contributed by atoms with Gasteiger partial charge in [0.15, 0.2) is 0 Å². The zero-order valence-corrected chi connectivity index (χ0v) is 12.1. The molecule has 0 aliphatic rings. The maximum absolute atomic E-state index is 12.1. The number of amides is 1. The molecule has 21 heavy (non-hydrogen) atoms. The number of carbonyl (C=O) groups excluding carboxylic acids is 1. The van der Waals surface area contributed by atoms with Crippen LogP contribution in [0.25, 0.3) is 0 Å². The molecule has 2 aromatic carbocycles. The molecule has 4 N–H and O–H groups in total. The van der Waals surface area contributed by atoms with Crippen molar-refractivity contribution in [2.45, 2.75) is 6.92 Å². The monoisotopic (exact) mass is 285 g/mol. The number of phenolic OH excluding ortho intramolecular Hbond substituents is 1. The molecule has 0 unspecified atom stereocenters. The summed E-state index contributed by atoms with van der Waals surface area (Å²) in [6.07, 6.45) is 0. The predicted octanol–water partition coefficient (Wildman–Crippen LogP) is 2.36. The highest BCUT2D eigenvalue weighted by Gasteiger charge is 2.09. The van der Waals surface area contributed by atoms with Crippen molar-refractivity contribution in [3.8, 4) is 5.75 Å². The molecule has 0 saturated heterocycles. The summed E-state index contributed by atoms with van der Waals surface area (Å²) in [7, 11) is 1.79. The van der Waals surface area contributed by atoms with E-state index < -0.39 is 0 Å². The topological polar surface area (TPSA) is 78.6 Å². The zero-order valence-electron chi connectivity index (χ0n) is 12.1. The Hall–Kier alpha value is -2.69. The highest BCUT2D eigenvalue weighted by atomic mass is 16.3. The van der Waals surface area contributed by atoms with Crippen molar-refractivity contribution in [1.29, 1.82) is 0 Å². The first-order chi connectivity index (χ1) is 9.95. The average molecular weight is 285 g/mol. The number of hydrogen-bond donors (Lipinski definition) is 3. The largest absolute Gasteiger partial charge is 0.508 e. The lowest BCUT2D eigenvalue weighted by molar-refractivity contribution is -0.114. The average Bonchev–Trinajstić information content (AvgIpc) is 2.42. The number of anilines is 3. The number of nitrogens with zero attached hydrogens (tertiary/aromatic N) is 1. The van der Waals surface area contributed by atoms with Crippen LogP contribution in [0.2, 0.25) is 0 Å². The minimum absolute atomic E-state index is 0.144. The van der Waals surface area contributed by atoms with Crippen LogP contribution in [-0.4, -0.2) is 24.6 Å². The SMILES string of the molecule is Cc1ccc(N)cc1NC(=O)CN(C)c1cccc(O)c1. The van der Waals surface area contributed by atoms with Crippen LogP contribution in [0, 0.1) is 6.92 Å². The molecule has 0 aromatic heterocycles. The van der Waals surface area contributed by atoms with Crippen LogP contribution in [0.1, 0.15) is 5.56 Å². The van der Waals surface area contributed by atoms with Crippen molar-refractivity contribution in [3.63, 3.8) is 0 Å². The number of aryl methyl sites for hydroxylation is 1. The van der Waals surface area contributed by atoms with Crippen LogP contribution >= 0.6 is 0 Å². The molecule has 1 amide bonds. The van der Waals surface area contributed by atoms with Crippen LogP contribution in [0.5, 0.6) is 5.75 Å². The molecule has 110 valence electrons. The van der Waals surface area contributed by atoms with Crippen molar-refractivity contribution in [2.75, 3.05) is 29.5 Å². The van der Waals surface area contributed by atoms with Crippen LogP contribution in [0.15, 0.2) is 42.5 Å². The minimum atomic E-state index is -0.144. The van der Waals surface area contributed by atoms with E-state index in [2.05, 4.69) is 5.32 Å². The maximum Gasteiger partial charge on any atom is 0.243 e. The van der Waals surface area contributed by atoms with E-state index >= 15 is 0 Å². The zero-order chi connectivity index (χ0) is 15.4. The molecule has 2 aromatic rings. The maximum atomic E-state index is 12.1. The molecule has 0 spiro atoms. The molecule has 0 radical (unpaired) electrons. The van der Waals surface area contributed by atoms with Crippen molar-refractivity contribution in [2.24, 2.45) is 0 Å². The van der Waals surface area contributed by atoms with Gasteiger partial charge in [-0.05, 0) is 36.8 Å². The second kappa shape index (κ2) is 6.17. The van der Waals surface area contributed by atoms with Crippen LogP contribution in [-0.2, 0) is 4.79 Å². The molecule has 5 nitrogen and oxygen atoms in total. The third-order valence-electron chi connectivity index (χ3n) is 3.19. The number of hydrogen-bond acceptors (Lipinski definition) is 4. The standard InChI is InChI=1S/C16H19N3O2/c1-11-6-7-12(17)8-15(11)18-16(21)10-19(2)13-4-3-5-14(20)9-13/h3-9,20H,10,17H2,1-2H3,(H,18,21). The van der Waals surface area contributed by atoms with Gasteiger partial charge in [-0.15, -0.1) is 0 Å². The fourth-order valence-electron chi connectivity index (χ4n) is 2.00. The summed E-state index contributed by atoms with van der Waals surface area (Å²) in [6.45, 7) is 2.09. The van der Waals surface area contributed by atoms with Gasteiger partial charge in [-0.3, -0.25) is 4.79 Å². The van der Waals surface area contributed by atoms with Gasteiger partial charge in [0.05, 0.1) is 6.54 Å². The second-order valence-corrected chi connectivity index (χ2v) is 5.00. The predicted molar refractivity (Wildman–Crippen MR) is 85.6 cm³/mol.